The number of nitrogens with zero attached hydrogens (tertiary/aromatic N) is 5. The molecule has 6 heterocycles. The van der Waals surface area contributed by atoms with E-state index in [4.69, 9.17) is 37.9 Å². The zero-order valence-corrected chi connectivity index (χ0v) is 45.8. The van der Waals surface area contributed by atoms with Crippen molar-refractivity contribution in [1.82, 2.24) is 30.0 Å². The minimum absolute atomic E-state index is 0.157. The van der Waals surface area contributed by atoms with Gasteiger partial charge in [0.25, 0.3) is 0 Å². The van der Waals surface area contributed by atoms with Gasteiger partial charge in [-0.25, -0.2) is 4.79 Å². The van der Waals surface area contributed by atoms with Crippen LogP contribution in [0.4, 0.5) is 4.79 Å². The second-order valence-corrected chi connectivity index (χ2v) is 24.1. The van der Waals surface area contributed by atoms with E-state index in [1.807, 2.05) is 56.3 Å². The molecule has 0 bridgehead atoms. The lowest BCUT2D eigenvalue weighted by Gasteiger charge is -2.38. The van der Waals surface area contributed by atoms with Crippen LogP contribution in [-0.2, 0) is 14.3 Å². The molecule has 4 aromatic rings. The number of benzene rings is 2. The summed E-state index contributed by atoms with van der Waals surface area (Å²) in [5.74, 6) is 2.64. The number of aromatic nitrogens is 2. The van der Waals surface area contributed by atoms with Crippen LogP contribution >= 0.6 is 55.1 Å². The van der Waals surface area contributed by atoms with Crippen molar-refractivity contribution in [2.24, 2.45) is 23.7 Å². The molecule has 2 aromatic carbocycles. The molecule has 2 aliphatic carbocycles. The van der Waals surface area contributed by atoms with Crippen LogP contribution in [0.1, 0.15) is 142 Å². The van der Waals surface area contributed by atoms with Crippen LogP contribution in [-0.4, -0.2) is 101 Å². The molecule has 0 radical (unpaired) electrons. The number of amides is 3. The number of fused-ring (bicyclic) bond motifs is 4. The Morgan fingerprint density at radius 3 is 1.44 bits per heavy atom. The Kier molecular flexibility index (Phi) is 16.8. The lowest BCUT2D eigenvalue weighted by Crippen LogP contribution is -2.44. The Hall–Kier alpha value is -4.07. The number of piperidine rings is 4. The van der Waals surface area contributed by atoms with Gasteiger partial charge in [0.2, 0.25) is 11.8 Å². The Morgan fingerprint density at radius 2 is 1.00 bits per heavy atom. The first-order chi connectivity index (χ1) is 34.2. The molecule has 10 rings (SSSR count). The smallest absolute Gasteiger partial charge is 0.410 e. The van der Waals surface area contributed by atoms with Gasteiger partial charge in [-0.05, 0) is 211 Å². The van der Waals surface area contributed by atoms with Crippen molar-refractivity contribution in [3.63, 3.8) is 0 Å². The Labute approximate surface area is 446 Å². The molecule has 4 aliphatic heterocycles. The molecule has 376 valence electrons. The number of likely N-dealkylation sites (tertiary alicyclic amines) is 3. The molecule has 4 saturated heterocycles. The third kappa shape index (κ3) is 12.8. The summed E-state index contributed by atoms with van der Waals surface area (Å²) in [6.07, 6.45) is 21.2. The number of hydrogen-bond acceptors (Lipinski definition) is 7. The van der Waals surface area contributed by atoms with Crippen LogP contribution in [0.5, 0.6) is 0 Å². The SMILES string of the molecule is CC(C)(C)OC(=O)N1CCC(CC(=O)N2CCC(C3c4ccc(Cl)cc4C=Cc4cc(Br)cnc43)CC2)CC1.O=C(CC1CCNCC1)N1CCC(C2c3ccc(Cl)cc3C=Cc3cc(Br)cnc32)CC1. The summed E-state index contributed by atoms with van der Waals surface area (Å²) in [6.45, 7) is 12.2. The predicted molar refractivity (Wildman–Crippen MR) is 292 cm³/mol. The zero-order valence-electron chi connectivity index (χ0n) is 41.2. The summed E-state index contributed by atoms with van der Waals surface area (Å²) in [4.78, 5) is 54.2. The number of ether oxygens (including phenoxy) is 1. The number of nitrogens with one attached hydrogen (secondary N) is 1. The highest BCUT2D eigenvalue weighted by molar-refractivity contribution is 9.10. The molecule has 14 heteroatoms. The Morgan fingerprint density at radius 1 is 0.592 bits per heavy atom. The van der Waals surface area contributed by atoms with E-state index in [0.29, 0.717) is 55.5 Å². The molecule has 0 spiro atoms. The van der Waals surface area contributed by atoms with Crippen LogP contribution < -0.4 is 5.32 Å². The Balaban J connectivity index is 0.000000179. The third-order valence-electron chi connectivity index (χ3n) is 15.5. The fraction of sp³-hybridized carbons (Fsp3) is 0.491. The van der Waals surface area contributed by atoms with Gasteiger partial charge in [0.1, 0.15) is 5.60 Å². The maximum atomic E-state index is 13.3. The van der Waals surface area contributed by atoms with Crippen molar-refractivity contribution in [2.75, 3.05) is 52.4 Å². The average Bonchev–Trinajstić information content (AvgIpc) is 3.61. The van der Waals surface area contributed by atoms with Crippen LogP contribution in [0.25, 0.3) is 24.3 Å². The molecule has 2 unspecified atom stereocenters. The van der Waals surface area contributed by atoms with Gasteiger partial charge in [0.05, 0.1) is 11.4 Å². The minimum Gasteiger partial charge on any atom is -0.444 e. The largest absolute Gasteiger partial charge is 0.444 e. The normalized spacial score (nSPS) is 20.9. The van der Waals surface area contributed by atoms with Crippen LogP contribution in [0.15, 0.2) is 69.9 Å². The van der Waals surface area contributed by atoms with Crippen molar-refractivity contribution in [2.45, 2.75) is 102 Å². The quantitative estimate of drug-likeness (QED) is 0.205. The van der Waals surface area contributed by atoms with Gasteiger partial charge < -0.3 is 24.8 Å². The van der Waals surface area contributed by atoms with E-state index in [1.165, 1.54) is 16.7 Å². The molecule has 4 fully saturated rings. The monoisotopic (exact) mass is 1130 g/mol. The van der Waals surface area contributed by atoms with Gasteiger partial charge in [-0.2, -0.15) is 0 Å². The second kappa shape index (κ2) is 23.0. The summed E-state index contributed by atoms with van der Waals surface area (Å²) in [5, 5.41) is 4.88. The standard InChI is InChI=1S/C31H37BrClN3O3.C26H29BrClN3O/c1-31(2,3)39-30(38)36-12-8-20(9-13-36)16-27(37)35-14-10-21(11-15-35)28-26-7-6-25(33)18-22(26)4-5-23-17-24(32)19-34-29(23)28;27-21-14-20-2-1-19-15-22(28)3-4-23(19)25(26(20)30-16-21)18-7-11-31(12-8-18)24(32)13-17-5-9-29-10-6-17/h4-7,17-21,28H,8-16H2,1-3H3;1-4,14-18,25,29H,5-13H2. The van der Waals surface area contributed by atoms with Crippen molar-refractivity contribution in [3.05, 3.63) is 125 Å². The number of carbonyl (C=O) groups is 3. The number of carbonyl (C=O) groups excluding carboxylic acids is 3. The summed E-state index contributed by atoms with van der Waals surface area (Å²) in [6, 6.07) is 16.6. The summed E-state index contributed by atoms with van der Waals surface area (Å²) in [5.41, 5.74) is 8.86. The predicted octanol–water partition coefficient (Wildman–Crippen LogP) is 13.1. The molecular formula is C57H66Br2Cl2N6O4. The van der Waals surface area contributed by atoms with E-state index >= 15 is 0 Å². The van der Waals surface area contributed by atoms with Gasteiger partial charge in [-0.15, -0.1) is 0 Å². The lowest BCUT2D eigenvalue weighted by atomic mass is 9.76. The van der Waals surface area contributed by atoms with Gasteiger partial charge >= 0.3 is 6.09 Å². The zero-order chi connectivity index (χ0) is 49.8. The number of halogens is 4. The van der Waals surface area contributed by atoms with Crippen LogP contribution in [0.2, 0.25) is 10.0 Å². The first-order valence-electron chi connectivity index (χ1n) is 25.7. The highest BCUT2D eigenvalue weighted by Crippen LogP contribution is 2.45. The topological polar surface area (TPSA) is 108 Å². The van der Waals surface area contributed by atoms with E-state index in [9.17, 15) is 14.4 Å². The molecule has 0 saturated carbocycles. The van der Waals surface area contributed by atoms with Crippen molar-refractivity contribution >= 4 is 97.3 Å². The minimum atomic E-state index is -0.493. The van der Waals surface area contributed by atoms with E-state index in [2.05, 4.69) is 96.7 Å². The molecule has 1 N–H and O–H groups in total. The summed E-state index contributed by atoms with van der Waals surface area (Å²) >= 11 is 19.8. The van der Waals surface area contributed by atoms with Gasteiger partial charge in [0, 0.05) is 95.3 Å². The molecule has 6 aliphatic rings. The Bertz CT molecular complexity index is 2530. The molecular weight excluding hydrogens is 1060 g/mol. The summed E-state index contributed by atoms with van der Waals surface area (Å²) < 4.78 is 7.46. The second-order valence-electron chi connectivity index (χ2n) is 21.4. The summed E-state index contributed by atoms with van der Waals surface area (Å²) in [7, 11) is 0. The molecule has 10 nitrogen and oxygen atoms in total. The highest BCUT2D eigenvalue weighted by atomic mass is 79.9. The number of pyridine rings is 2. The van der Waals surface area contributed by atoms with E-state index in [1.54, 1.807) is 4.90 Å². The first kappa shape index (κ1) is 51.8. The van der Waals surface area contributed by atoms with Crippen molar-refractivity contribution in [1.29, 1.82) is 0 Å². The van der Waals surface area contributed by atoms with Crippen molar-refractivity contribution < 1.29 is 19.1 Å². The molecule has 2 atom stereocenters. The average molecular weight is 1130 g/mol. The van der Waals surface area contributed by atoms with Crippen LogP contribution in [0.3, 0.4) is 0 Å². The highest BCUT2D eigenvalue weighted by Gasteiger charge is 2.37. The van der Waals surface area contributed by atoms with E-state index in [-0.39, 0.29) is 23.8 Å². The number of rotatable bonds is 6. The maximum Gasteiger partial charge on any atom is 0.410 e. The van der Waals surface area contributed by atoms with Crippen molar-refractivity contribution in [3.8, 4) is 0 Å². The van der Waals surface area contributed by atoms with E-state index in [0.717, 1.165) is 138 Å². The van der Waals surface area contributed by atoms with Gasteiger partial charge in [-0.1, -0.05) is 59.6 Å². The molecule has 3 amide bonds. The maximum absolute atomic E-state index is 13.3. The third-order valence-corrected chi connectivity index (χ3v) is 16.8. The van der Waals surface area contributed by atoms with Crippen LogP contribution in [0, 0.1) is 23.7 Å². The van der Waals surface area contributed by atoms with Gasteiger partial charge in [-0.3, -0.25) is 19.6 Å². The molecule has 71 heavy (non-hydrogen) atoms. The molecule has 2 aromatic heterocycles. The number of hydrogen-bond donors (Lipinski definition) is 1. The van der Waals surface area contributed by atoms with E-state index < -0.39 is 5.60 Å². The fourth-order valence-corrected chi connectivity index (χ4v) is 12.8. The first-order valence-corrected chi connectivity index (χ1v) is 28.0. The lowest BCUT2D eigenvalue weighted by molar-refractivity contribution is -0.134. The fourth-order valence-electron chi connectivity index (χ4n) is 11.7. The van der Waals surface area contributed by atoms with Gasteiger partial charge in [0.15, 0.2) is 0 Å².